The number of pyridine rings is 1. The van der Waals surface area contributed by atoms with Gasteiger partial charge in [0, 0.05) is 12.0 Å². The zero-order chi connectivity index (χ0) is 14.4. The van der Waals surface area contributed by atoms with E-state index in [0.29, 0.717) is 17.2 Å². The number of allylic oxidation sites excluding steroid dienone is 1. The van der Waals surface area contributed by atoms with Crippen LogP contribution in [0, 0.1) is 5.92 Å². The molecule has 0 unspecified atom stereocenters. The number of hydrogen-bond acceptors (Lipinski definition) is 4. The predicted molar refractivity (Wildman–Crippen MR) is 85.2 cm³/mol. The molecule has 0 aromatic carbocycles. The lowest BCUT2D eigenvalue weighted by Crippen LogP contribution is -2.15. The first kappa shape index (κ1) is 17.5. The van der Waals surface area contributed by atoms with Crippen molar-refractivity contribution >= 4 is 24.3 Å². The first-order chi connectivity index (χ1) is 9.74. The number of halogens is 1. The number of methoxy groups -OCH3 is 2. The lowest BCUT2D eigenvalue weighted by atomic mass is 9.86. The van der Waals surface area contributed by atoms with Gasteiger partial charge in [0.15, 0.2) is 17.3 Å². The van der Waals surface area contributed by atoms with Crippen LogP contribution in [0.4, 0.5) is 0 Å². The number of carbonyl (C=O) groups excluding carboxylic acids is 1. The fourth-order valence-electron chi connectivity index (χ4n) is 2.53. The molecule has 1 heterocycles. The number of ether oxygens (including phenoxy) is 2. The molecule has 2 rings (SSSR count). The summed E-state index contributed by atoms with van der Waals surface area (Å²) in [7, 11) is 3.15. The summed E-state index contributed by atoms with van der Waals surface area (Å²) in [6, 6.07) is 1.77. The smallest absolute Gasteiger partial charge is 0.179 e. The molecule has 0 spiro atoms. The van der Waals surface area contributed by atoms with Crippen LogP contribution in [0.15, 0.2) is 18.3 Å². The normalized spacial score (nSPS) is 15.5. The van der Waals surface area contributed by atoms with E-state index < -0.39 is 0 Å². The Hall–Kier alpha value is -1.55. The van der Waals surface area contributed by atoms with Crippen LogP contribution >= 0.6 is 12.4 Å². The molecule has 4 nitrogen and oxygen atoms in total. The van der Waals surface area contributed by atoms with Crippen LogP contribution in [0.5, 0.6) is 11.5 Å². The quantitative estimate of drug-likeness (QED) is 0.778. The molecule has 1 aliphatic rings. The average molecular weight is 312 g/mol. The number of hydrogen-bond donors (Lipinski definition) is 0. The third-order valence-electron chi connectivity index (χ3n) is 3.72. The van der Waals surface area contributed by atoms with Gasteiger partial charge in [-0.1, -0.05) is 19.3 Å². The van der Waals surface area contributed by atoms with Crippen molar-refractivity contribution in [3.63, 3.8) is 0 Å². The highest BCUT2D eigenvalue weighted by Crippen LogP contribution is 2.27. The first-order valence-electron chi connectivity index (χ1n) is 7.04. The van der Waals surface area contributed by atoms with Gasteiger partial charge in [-0.05, 0) is 25.0 Å². The van der Waals surface area contributed by atoms with Crippen molar-refractivity contribution in [2.45, 2.75) is 32.1 Å². The van der Waals surface area contributed by atoms with Crippen molar-refractivity contribution in [2.24, 2.45) is 5.92 Å². The molecule has 1 fully saturated rings. The highest BCUT2D eigenvalue weighted by atomic mass is 35.5. The Bertz CT molecular complexity index is 496. The predicted octanol–water partition coefficient (Wildman–Crippen LogP) is 3.68. The highest BCUT2D eigenvalue weighted by molar-refractivity contribution is 5.95. The third-order valence-corrected chi connectivity index (χ3v) is 3.72. The molecule has 0 bridgehead atoms. The summed E-state index contributed by atoms with van der Waals surface area (Å²) in [5.41, 5.74) is 0.701. The van der Waals surface area contributed by atoms with Crippen molar-refractivity contribution in [3.8, 4) is 11.5 Å². The number of rotatable bonds is 5. The van der Waals surface area contributed by atoms with E-state index in [4.69, 9.17) is 9.47 Å². The van der Waals surface area contributed by atoms with E-state index in [1.54, 1.807) is 38.6 Å². The van der Waals surface area contributed by atoms with Gasteiger partial charge in [-0.3, -0.25) is 9.78 Å². The second-order valence-corrected chi connectivity index (χ2v) is 5.03. The number of nitrogens with zero attached hydrogens (tertiary/aromatic N) is 1. The maximum absolute atomic E-state index is 12.1. The standard InChI is InChI=1S/C16H21NO3.ClH/c1-19-15-10-13(17-11-16(15)20-2)8-9-14(18)12-6-4-3-5-7-12;/h8-12H,3-7H2,1-2H3;1H/b9-8+;. The first-order valence-corrected chi connectivity index (χ1v) is 7.04. The minimum Gasteiger partial charge on any atom is -0.493 e. The molecule has 1 aromatic heterocycles. The van der Waals surface area contributed by atoms with E-state index in [1.807, 2.05) is 0 Å². The van der Waals surface area contributed by atoms with Gasteiger partial charge in [0.25, 0.3) is 0 Å². The van der Waals surface area contributed by atoms with Crippen LogP contribution in [-0.2, 0) is 4.79 Å². The van der Waals surface area contributed by atoms with Gasteiger partial charge < -0.3 is 9.47 Å². The fourth-order valence-corrected chi connectivity index (χ4v) is 2.53. The Morgan fingerprint density at radius 2 is 1.86 bits per heavy atom. The van der Waals surface area contributed by atoms with Gasteiger partial charge in [0.05, 0.1) is 26.1 Å². The summed E-state index contributed by atoms with van der Waals surface area (Å²) in [5.74, 6) is 1.61. The molecule has 5 heteroatoms. The van der Waals surface area contributed by atoms with Crippen molar-refractivity contribution in [2.75, 3.05) is 14.2 Å². The lowest BCUT2D eigenvalue weighted by Gasteiger charge is -2.18. The Balaban J connectivity index is 0.00000220. The Morgan fingerprint density at radius 1 is 1.19 bits per heavy atom. The summed E-state index contributed by atoms with van der Waals surface area (Å²) in [6.45, 7) is 0. The molecule has 0 aliphatic heterocycles. The Kier molecular flexibility index (Phi) is 7.23. The molecule has 116 valence electrons. The maximum atomic E-state index is 12.1. The molecule has 1 aromatic rings. The second-order valence-electron chi connectivity index (χ2n) is 5.03. The van der Waals surface area contributed by atoms with Gasteiger partial charge in [0.2, 0.25) is 0 Å². The monoisotopic (exact) mass is 311 g/mol. The summed E-state index contributed by atoms with van der Waals surface area (Å²) >= 11 is 0. The van der Waals surface area contributed by atoms with Gasteiger partial charge in [0.1, 0.15) is 0 Å². The van der Waals surface area contributed by atoms with Gasteiger partial charge in [-0.15, -0.1) is 12.4 Å². The molecular formula is C16H22ClNO3. The minimum absolute atomic E-state index is 0. The van der Waals surface area contributed by atoms with Crippen LogP contribution < -0.4 is 9.47 Å². The van der Waals surface area contributed by atoms with Crippen LogP contribution in [0.2, 0.25) is 0 Å². The molecule has 1 saturated carbocycles. The molecule has 1 aliphatic carbocycles. The maximum Gasteiger partial charge on any atom is 0.179 e. The molecular weight excluding hydrogens is 290 g/mol. The SMILES string of the molecule is COc1cnc(/C=C/C(=O)C2CCCCC2)cc1OC.Cl. The van der Waals surface area contributed by atoms with Gasteiger partial charge in [-0.2, -0.15) is 0 Å². The summed E-state index contributed by atoms with van der Waals surface area (Å²) in [6.07, 6.45) is 10.6. The van der Waals surface area contributed by atoms with E-state index in [9.17, 15) is 4.79 Å². The summed E-state index contributed by atoms with van der Waals surface area (Å²) in [5, 5.41) is 0. The van der Waals surface area contributed by atoms with Crippen LogP contribution in [0.1, 0.15) is 37.8 Å². The van der Waals surface area contributed by atoms with Gasteiger partial charge >= 0.3 is 0 Å². The molecule has 0 N–H and O–H groups in total. The van der Waals surface area contributed by atoms with Crippen LogP contribution in [0.25, 0.3) is 6.08 Å². The number of aromatic nitrogens is 1. The third kappa shape index (κ3) is 4.74. The molecule has 0 atom stereocenters. The van der Waals surface area contributed by atoms with Crippen LogP contribution in [-0.4, -0.2) is 25.0 Å². The summed E-state index contributed by atoms with van der Waals surface area (Å²) in [4.78, 5) is 16.3. The minimum atomic E-state index is 0. The fraction of sp³-hybridized carbons (Fsp3) is 0.500. The zero-order valence-electron chi connectivity index (χ0n) is 12.5. The van der Waals surface area contributed by atoms with Crippen LogP contribution in [0.3, 0.4) is 0 Å². The van der Waals surface area contributed by atoms with E-state index in [0.717, 1.165) is 12.8 Å². The Morgan fingerprint density at radius 3 is 2.48 bits per heavy atom. The van der Waals surface area contributed by atoms with Gasteiger partial charge in [-0.25, -0.2) is 0 Å². The zero-order valence-corrected chi connectivity index (χ0v) is 13.3. The van der Waals surface area contributed by atoms with E-state index >= 15 is 0 Å². The highest BCUT2D eigenvalue weighted by Gasteiger charge is 2.18. The lowest BCUT2D eigenvalue weighted by molar-refractivity contribution is -0.119. The molecule has 0 saturated heterocycles. The van der Waals surface area contributed by atoms with E-state index in [1.165, 1.54) is 19.3 Å². The average Bonchev–Trinajstić information content (AvgIpc) is 2.53. The van der Waals surface area contributed by atoms with E-state index in [2.05, 4.69) is 4.98 Å². The topological polar surface area (TPSA) is 48.4 Å². The van der Waals surface area contributed by atoms with Crippen molar-refractivity contribution in [1.82, 2.24) is 4.98 Å². The van der Waals surface area contributed by atoms with E-state index in [-0.39, 0.29) is 24.1 Å². The van der Waals surface area contributed by atoms with Crippen molar-refractivity contribution in [3.05, 3.63) is 24.0 Å². The summed E-state index contributed by atoms with van der Waals surface area (Å²) < 4.78 is 10.3. The molecule has 21 heavy (non-hydrogen) atoms. The Labute approximate surface area is 132 Å². The van der Waals surface area contributed by atoms with Crippen molar-refractivity contribution < 1.29 is 14.3 Å². The number of carbonyl (C=O) groups is 1. The second kappa shape index (κ2) is 8.67. The largest absolute Gasteiger partial charge is 0.493 e. The number of ketones is 1. The molecule has 0 radical (unpaired) electrons. The van der Waals surface area contributed by atoms with Crippen molar-refractivity contribution in [1.29, 1.82) is 0 Å². The molecule has 0 amide bonds.